The maximum absolute atomic E-state index is 10.5. The molecule has 3 aromatic rings. The normalized spacial score (nSPS) is 23.7. The average molecular weight is 376 g/mol. The summed E-state index contributed by atoms with van der Waals surface area (Å²) in [6.45, 7) is 1.98. The highest BCUT2D eigenvalue weighted by atomic mass is 16.5. The fourth-order valence-electron chi connectivity index (χ4n) is 4.67. The van der Waals surface area contributed by atoms with Gasteiger partial charge in [0.05, 0.1) is 17.6 Å². The Morgan fingerprint density at radius 3 is 2.50 bits per heavy atom. The lowest BCUT2D eigenvalue weighted by Gasteiger charge is -2.27. The Hall–Kier alpha value is -2.89. The van der Waals surface area contributed by atoms with Crippen molar-refractivity contribution in [2.24, 2.45) is 11.8 Å². The maximum Gasteiger partial charge on any atom is 0.233 e. The minimum absolute atomic E-state index is 0.150. The van der Waals surface area contributed by atoms with Crippen molar-refractivity contribution < 1.29 is 9.84 Å². The van der Waals surface area contributed by atoms with Crippen molar-refractivity contribution in [2.45, 2.75) is 45.1 Å². The third-order valence-electron chi connectivity index (χ3n) is 6.00. The molecule has 28 heavy (non-hydrogen) atoms. The van der Waals surface area contributed by atoms with Gasteiger partial charge in [-0.2, -0.15) is 5.10 Å². The molecule has 144 valence electrons. The van der Waals surface area contributed by atoms with Gasteiger partial charge >= 0.3 is 0 Å². The van der Waals surface area contributed by atoms with E-state index in [0.29, 0.717) is 17.1 Å². The standard InChI is InChI=1S/C22H24N4O2/c1-14-12-23-26(13-14)17-4-5-19(21(27)11-17)20-6-7-22(25-24-20)28-18-9-15-2-3-16(8-15)10-18/h4-7,11-13,15-16,18,27H,2-3,8-10H2,1H3/t15-,16?,18?/m0/s1. The Balaban J connectivity index is 1.31. The van der Waals surface area contributed by atoms with Gasteiger partial charge in [0.2, 0.25) is 5.88 Å². The summed E-state index contributed by atoms with van der Waals surface area (Å²) in [6, 6.07) is 9.14. The summed E-state index contributed by atoms with van der Waals surface area (Å²) in [5, 5.41) is 23.3. The first-order chi connectivity index (χ1) is 13.6. The molecule has 2 saturated carbocycles. The Morgan fingerprint density at radius 1 is 1.04 bits per heavy atom. The first kappa shape index (κ1) is 17.2. The number of aromatic nitrogens is 4. The van der Waals surface area contributed by atoms with E-state index in [-0.39, 0.29) is 11.9 Å². The molecule has 0 radical (unpaired) electrons. The van der Waals surface area contributed by atoms with Gasteiger partial charge in [0.25, 0.3) is 0 Å². The highest BCUT2D eigenvalue weighted by Crippen LogP contribution is 2.43. The fourth-order valence-corrected chi connectivity index (χ4v) is 4.67. The van der Waals surface area contributed by atoms with Crippen LogP contribution in [0.25, 0.3) is 16.9 Å². The van der Waals surface area contributed by atoms with Crippen LogP contribution in [0.4, 0.5) is 0 Å². The first-order valence-corrected chi connectivity index (χ1v) is 9.99. The van der Waals surface area contributed by atoms with Gasteiger partial charge in [0.15, 0.2) is 0 Å². The van der Waals surface area contributed by atoms with Gasteiger partial charge in [-0.15, -0.1) is 10.2 Å². The number of rotatable bonds is 4. The van der Waals surface area contributed by atoms with E-state index in [4.69, 9.17) is 4.74 Å². The van der Waals surface area contributed by atoms with Crippen LogP contribution in [0, 0.1) is 18.8 Å². The number of fused-ring (bicyclic) bond motifs is 2. The number of phenols is 1. The highest BCUT2D eigenvalue weighted by molar-refractivity contribution is 5.68. The number of hydrogen-bond donors (Lipinski definition) is 1. The van der Waals surface area contributed by atoms with Crippen molar-refractivity contribution >= 4 is 0 Å². The van der Waals surface area contributed by atoms with E-state index in [1.807, 2.05) is 37.4 Å². The van der Waals surface area contributed by atoms with Crippen molar-refractivity contribution in [3.63, 3.8) is 0 Å². The van der Waals surface area contributed by atoms with Crippen LogP contribution in [0.2, 0.25) is 0 Å². The molecule has 6 nitrogen and oxygen atoms in total. The number of nitrogens with zero attached hydrogens (tertiary/aromatic N) is 4. The van der Waals surface area contributed by atoms with Crippen LogP contribution in [0.1, 0.15) is 37.7 Å². The molecule has 0 aliphatic heterocycles. The summed E-state index contributed by atoms with van der Waals surface area (Å²) in [4.78, 5) is 0. The molecular formula is C22H24N4O2. The van der Waals surface area contributed by atoms with Crippen LogP contribution in [0.5, 0.6) is 11.6 Å². The minimum atomic E-state index is 0.150. The zero-order chi connectivity index (χ0) is 19.1. The highest BCUT2D eigenvalue weighted by Gasteiger charge is 2.35. The third kappa shape index (κ3) is 3.35. The molecule has 2 aromatic heterocycles. The molecule has 2 aliphatic carbocycles. The van der Waals surface area contributed by atoms with Gasteiger partial charge in [0, 0.05) is 23.9 Å². The molecule has 6 heteroatoms. The Morgan fingerprint density at radius 2 is 1.86 bits per heavy atom. The van der Waals surface area contributed by atoms with Gasteiger partial charge in [-0.25, -0.2) is 4.68 Å². The fraction of sp³-hybridized carbons (Fsp3) is 0.409. The molecular weight excluding hydrogens is 352 g/mol. The van der Waals surface area contributed by atoms with Gasteiger partial charge in [-0.1, -0.05) is 12.8 Å². The lowest BCUT2D eigenvalue weighted by atomic mass is 9.87. The maximum atomic E-state index is 10.5. The molecule has 3 atom stereocenters. The molecule has 2 bridgehead atoms. The van der Waals surface area contributed by atoms with Crippen molar-refractivity contribution in [1.29, 1.82) is 0 Å². The quantitative estimate of drug-likeness (QED) is 0.735. The van der Waals surface area contributed by atoms with Crippen LogP contribution in [-0.4, -0.2) is 31.2 Å². The van der Waals surface area contributed by atoms with E-state index in [1.165, 1.54) is 19.3 Å². The second kappa shape index (κ2) is 6.93. The predicted molar refractivity (Wildman–Crippen MR) is 105 cm³/mol. The molecule has 0 spiro atoms. The molecule has 2 unspecified atom stereocenters. The lowest BCUT2D eigenvalue weighted by Crippen LogP contribution is -2.26. The lowest BCUT2D eigenvalue weighted by molar-refractivity contribution is 0.113. The number of aromatic hydroxyl groups is 1. The number of phenolic OH excluding ortho intramolecular Hbond substituents is 1. The Bertz CT molecular complexity index is 970. The molecule has 2 fully saturated rings. The van der Waals surface area contributed by atoms with Crippen LogP contribution in [-0.2, 0) is 0 Å². The van der Waals surface area contributed by atoms with Crippen LogP contribution in [0.3, 0.4) is 0 Å². The summed E-state index contributed by atoms with van der Waals surface area (Å²) < 4.78 is 7.82. The van der Waals surface area contributed by atoms with Crippen LogP contribution >= 0.6 is 0 Å². The smallest absolute Gasteiger partial charge is 0.233 e. The number of hydrogen-bond acceptors (Lipinski definition) is 5. The van der Waals surface area contributed by atoms with Crippen LogP contribution in [0.15, 0.2) is 42.7 Å². The monoisotopic (exact) mass is 376 g/mol. The van der Waals surface area contributed by atoms with E-state index in [2.05, 4.69) is 15.3 Å². The Labute approximate surface area is 164 Å². The topological polar surface area (TPSA) is 73.1 Å². The van der Waals surface area contributed by atoms with E-state index >= 15 is 0 Å². The number of ether oxygens (including phenoxy) is 1. The second-order valence-corrected chi connectivity index (χ2v) is 8.18. The zero-order valence-electron chi connectivity index (χ0n) is 16.0. The van der Waals surface area contributed by atoms with E-state index in [9.17, 15) is 5.11 Å². The van der Waals surface area contributed by atoms with Crippen molar-refractivity contribution in [3.8, 4) is 28.6 Å². The van der Waals surface area contributed by atoms with Crippen molar-refractivity contribution in [1.82, 2.24) is 20.0 Å². The summed E-state index contributed by atoms with van der Waals surface area (Å²) in [5.74, 6) is 2.37. The minimum Gasteiger partial charge on any atom is -0.507 e. The van der Waals surface area contributed by atoms with Gasteiger partial charge in [-0.05, 0) is 61.8 Å². The van der Waals surface area contributed by atoms with Gasteiger partial charge in [-0.3, -0.25) is 0 Å². The van der Waals surface area contributed by atoms with Crippen molar-refractivity contribution in [3.05, 3.63) is 48.3 Å². The molecule has 0 saturated heterocycles. The number of benzene rings is 1. The average Bonchev–Trinajstić information content (AvgIpc) is 3.27. The van der Waals surface area contributed by atoms with Crippen LogP contribution < -0.4 is 4.74 Å². The van der Waals surface area contributed by atoms with Gasteiger partial charge in [0.1, 0.15) is 11.9 Å². The summed E-state index contributed by atoms with van der Waals surface area (Å²) in [6.07, 6.45) is 10.3. The van der Waals surface area contributed by atoms with Crippen molar-refractivity contribution in [2.75, 3.05) is 0 Å². The van der Waals surface area contributed by atoms with E-state index in [1.54, 1.807) is 16.9 Å². The predicted octanol–water partition coefficient (Wildman–Crippen LogP) is 4.30. The largest absolute Gasteiger partial charge is 0.507 e. The molecule has 5 rings (SSSR count). The van der Waals surface area contributed by atoms with Gasteiger partial charge < -0.3 is 9.84 Å². The zero-order valence-corrected chi connectivity index (χ0v) is 16.0. The first-order valence-electron chi connectivity index (χ1n) is 9.99. The van der Waals surface area contributed by atoms with E-state index < -0.39 is 0 Å². The number of aryl methyl sites for hydroxylation is 1. The molecule has 1 N–H and O–H groups in total. The van der Waals surface area contributed by atoms with E-state index in [0.717, 1.165) is 35.9 Å². The Kier molecular flexibility index (Phi) is 4.26. The summed E-state index contributed by atoms with van der Waals surface area (Å²) in [7, 11) is 0. The molecule has 2 heterocycles. The summed E-state index contributed by atoms with van der Waals surface area (Å²) >= 11 is 0. The summed E-state index contributed by atoms with van der Waals surface area (Å²) in [5.41, 5.74) is 3.13. The molecule has 2 aliphatic rings. The third-order valence-corrected chi connectivity index (χ3v) is 6.00. The molecule has 1 aromatic carbocycles. The SMILES string of the molecule is Cc1cnn(-c2ccc(-c3ccc(OC4CC5CC[C@@H](C5)C4)nn3)c(O)c2)c1. The molecule has 0 amide bonds. The second-order valence-electron chi connectivity index (χ2n) is 8.18.